The van der Waals surface area contributed by atoms with Crippen molar-refractivity contribution in [3.8, 4) is 23.1 Å². The number of morpholine rings is 1. The summed E-state index contributed by atoms with van der Waals surface area (Å²) in [5, 5.41) is 10.4. The minimum absolute atomic E-state index is 0.167. The van der Waals surface area contributed by atoms with Crippen molar-refractivity contribution in [2.75, 3.05) is 37.4 Å². The summed E-state index contributed by atoms with van der Waals surface area (Å²) in [6, 6.07) is 8.76. The highest BCUT2D eigenvalue weighted by Gasteiger charge is 2.20. The molecule has 5 rings (SSSR count). The second-order valence-corrected chi connectivity index (χ2v) is 7.35. The number of anilines is 2. The van der Waals surface area contributed by atoms with Gasteiger partial charge in [0, 0.05) is 37.5 Å². The van der Waals surface area contributed by atoms with Gasteiger partial charge in [0.1, 0.15) is 11.3 Å². The van der Waals surface area contributed by atoms with Gasteiger partial charge in [-0.05, 0) is 29.4 Å². The molecule has 0 bridgehead atoms. The number of hydrogen-bond acceptors (Lipinski definition) is 9. The first-order valence-corrected chi connectivity index (χ1v) is 10.5. The standard InChI is InChI=1S/C21H22N8O4/c1-2-29-16-11-17(23-12-15(16)25-20(29)18-19(22)27-33-26-18)32-14-5-3-4-13(10-14)24-21(30)28-6-8-31-9-7-28/h3-5,10-12H,2,6-9H2,1H3,(H2,22,27)(H,24,30). The molecule has 1 aromatic carbocycles. The number of aryl methyl sites for hydroxylation is 1. The highest BCUT2D eigenvalue weighted by atomic mass is 16.6. The van der Waals surface area contributed by atoms with Gasteiger partial charge >= 0.3 is 6.03 Å². The van der Waals surface area contributed by atoms with Crippen LogP contribution < -0.4 is 15.8 Å². The van der Waals surface area contributed by atoms with Crippen LogP contribution in [0, 0.1) is 0 Å². The number of nitrogen functional groups attached to an aromatic ring is 1. The van der Waals surface area contributed by atoms with Gasteiger partial charge in [0.05, 0.1) is 24.9 Å². The van der Waals surface area contributed by atoms with Crippen LogP contribution in [0.25, 0.3) is 22.6 Å². The number of amides is 2. The maximum Gasteiger partial charge on any atom is 0.322 e. The molecule has 0 unspecified atom stereocenters. The normalized spacial score (nSPS) is 13.9. The van der Waals surface area contributed by atoms with Crippen LogP contribution in [0.3, 0.4) is 0 Å². The number of fused-ring (bicyclic) bond motifs is 1. The van der Waals surface area contributed by atoms with Crippen LogP contribution in [-0.4, -0.2) is 62.1 Å². The number of aromatic nitrogens is 5. The molecule has 0 aliphatic carbocycles. The summed E-state index contributed by atoms with van der Waals surface area (Å²) in [6.07, 6.45) is 1.62. The summed E-state index contributed by atoms with van der Waals surface area (Å²) >= 11 is 0. The van der Waals surface area contributed by atoms with Crippen LogP contribution in [0.2, 0.25) is 0 Å². The molecule has 1 saturated heterocycles. The number of carbonyl (C=O) groups is 1. The molecule has 12 nitrogen and oxygen atoms in total. The van der Waals surface area contributed by atoms with Crippen molar-refractivity contribution in [1.82, 2.24) is 29.7 Å². The molecule has 2 amide bonds. The van der Waals surface area contributed by atoms with Crippen LogP contribution >= 0.6 is 0 Å². The summed E-state index contributed by atoms with van der Waals surface area (Å²) in [7, 11) is 0. The summed E-state index contributed by atoms with van der Waals surface area (Å²) in [5.41, 5.74) is 8.31. The van der Waals surface area contributed by atoms with Crippen molar-refractivity contribution in [3.63, 3.8) is 0 Å². The number of nitrogens with one attached hydrogen (secondary N) is 1. The summed E-state index contributed by atoms with van der Waals surface area (Å²) in [4.78, 5) is 23.1. The molecular formula is C21H22N8O4. The fourth-order valence-corrected chi connectivity index (χ4v) is 3.64. The SMILES string of the molecule is CCn1c(-c2nonc2N)nc2cnc(Oc3cccc(NC(=O)N4CCOCC4)c3)cc21. The molecule has 33 heavy (non-hydrogen) atoms. The van der Waals surface area contributed by atoms with Gasteiger partial charge in [0.2, 0.25) is 5.88 Å². The number of pyridine rings is 1. The first-order valence-electron chi connectivity index (χ1n) is 10.5. The van der Waals surface area contributed by atoms with Gasteiger partial charge in [-0.15, -0.1) is 0 Å². The van der Waals surface area contributed by atoms with Crippen molar-refractivity contribution < 1.29 is 18.9 Å². The van der Waals surface area contributed by atoms with Crippen molar-refractivity contribution in [3.05, 3.63) is 36.5 Å². The zero-order chi connectivity index (χ0) is 22.8. The lowest BCUT2D eigenvalue weighted by Crippen LogP contribution is -2.43. The Balaban J connectivity index is 1.37. The number of nitrogens with two attached hydrogens (primary N) is 1. The largest absolute Gasteiger partial charge is 0.439 e. The third-order valence-corrected chi connectivity index (χ3v) is 5.26. The lowest BCUT2D eigenvalue weighted by atomic mass is 10.3. The molecule has 1 fully saturated rings. The number of imidazole rings is 1. The van der Waals surface area contributed by atoms with E-state index in [1.54, 1.807) is 41.4 Å². The first kappa shape index (κ1) is 20.7. The summed E-state index contributed by atoms with van der Waals surface area (Å²) in [5.74, 6) is 1.62. The number of benzene rings is 1. The van der Waals surface area contributed by atoms with Crippen molar-refractivity contribution in [1.29, 1.82) is 0 Å². The fraction of sp³-hybridized carbons (Fsp3) is 0.286. The molecule has 0 saturated carbocycles. The van der Waals surface area contributed by atoms with Crippen molar-refractivity contribution in [2.45, 2.75) is 13.5 Å². The van der Waals surface area contributed by atoms with Gasteiger partial charge in [0.25, 0.3) is 0 Å². The molecule has 1 aliphatic heterocycles. The number of hydrogen-bond donors (Lipinski definition) is 2. The van der Waals surface area contributed by atoms with E-state index in [2.05, 4.69) is 25.6 Å². The molecule has 0 atom stereocenters. The second-order valence-electron chi connectivity index (χ2n) is 7.35. The molecule has 12 heteroatoms. The third kappa shape index (κ3) is 4.15. The first-order chi connectivity index (χ1) is 16.1. The van der Waals surface area contributed by atoms with E-state index in [9.17, 15) is 4.79 Å². The van der Waals surface area contributed by atoms with Crippen molar-refractivity contribution >= 4 is 28.6 Å². The van der Waals surface area contributed by atoms with Crippen LogP contribution in [0.4, 0.5) is 16.3 Å². The van der Waals surface area contributed by atoms with Gasteiger partial charge in [-0.3, -0.25) is 0 Å². The minimum atomic E-state index is -0.170. The topological polar surface area (TPSA) is 146 Å². The third-order valence-electron chi connectivity index (χ3n) is 5.26. The van der Waals surface area contributed by atoms with E-state index in [0.29, 0.717) is 67.2 Å². The van der Waals surface area contributed by atoms with E-state index in [-0.39, 0.29) is 11.8 Å². The lowest BCUT2D eigenvalue weighted by Gasteiger charge is -2.26. The van der Waals surface area contributed by atoms with Crippen LogP contribution in [-0.2, 0) is 11.3 Å². The Labute approximate surface area is 188 Å². The van der Waals surface area contributed by atoms with E-state index < -0.39 is 0 Å². The van der Waals surface area contributed by atoms with Gasteiger partial charge in [-0.1, -0.05) is 6.07 Å². The maximum atomic E-state index is 12.4. The predicted molar refractivity (Wildman–Crippen MR) is 119 cm³/mol. The van der Waals surface area contributed by atoms with Crippen LogP contribution in [0.15, 0.2) is 41.2 Å². The van der Waals surface area contributed by atoms with E-state index in [0.717, 1.165) is 5.52 Å². The smallest absolute Gasteiger partial charge is 0.322 e. The van der Waals surface area contributed by atoms with Gasteiger partial charge < -0.3 is 30.0 Å². The number of carbonyl (C=O) groups excluding carboxylic acids is 1. The average Bonchev–Trinajstić information content (AvgIpc) is 3.42. The second kappa shape index (κ2) is 8.74. The van der Waals surface area contributed by atoms with E-state index in [1.165, 1.54) is 0 Å². The molecule has 0 spiro atoms. The number of ether oxygens (including phenoxy) is 2. The minimum Gasteiger partial charge on any atom is -0.439 e. The molecule has 4 aromatic rings. The molecule has 170 valence electrons. The highest BCUT2D eigenvalue weighted by Crippen LogP contribution is 2.30. The molecular weight excluding hydrogens is 428 g/mol. The Morgan fingerprint density at radius 1 is 1.24 bits per heavy atom. The van der Waals surface area contributed by atoms with Gasteiger partial charge in [0.15, 0.2) is 17.3 Å². The molecule has 4 heterocycles. The van der Waals surface area contributed by atoms with E-state index in [1.807, 2.05) is 11.5 Å². The maximum absolute atomic E-state index is 12.4. The highest BCUT2D eigenvalue weighted by molar-refractivity contribution is 5.89. The fourth-order valence-electron chi connectivity index (χ4n) is 3.64. The Morgan fingerprint density at radius 3 is 2.85 bits per heavy atom. The van der Waals surface area contributed by atoms with Gasteiger partial charge in [-0.25, -0.2) is 19.4 Å². The predicted octanol–water partition coefficient (Wildman–Crippen LogP) is 2.74. The Morgan fingerprint density at radius 2 is 2.09 bits per heavy atom. The Hall–Kier alpha value is -4.19. The summed E-state index contributed by atoms with van der Waals surface area (Å²) in [6.45, 7) is 4.81. The zero-order valence-electron chi connectivity index (χ0n) is 17.9. The molecule has 3 N–H and O–H groups in total. The Kier molecular flexibility index (Phi) is 5.48. The van der Waals surface area contributed by atoms with E-state index in [4.69, 9.17) is 19.8 Å². The number of rotatable bonds is 5. The number of urea groups is 1. The van der Waals surface area contributed by atoms with Crippen molar-refractivity contribution in [2.24, 2.45) is 0 Å². The van der Waals surface area contributed by atoms with Crippen LogP contribution in [0.5, 0.6) is 11.6 Å². The van der Waals surface area contributed by atoms with Crippen LogP contribution in [0.1, 0.15) is 6.92 Å². The summed E-state index contributed by atoms with van der Waals surface area (Å²) < 4.78 is 17.9. The molecule has 3 aromatic heterocycles. The Bertz CT molecular complexity index is 1290. The molecule has 0 radical (unpaired) electrons. The quantitative estimate of drug-likeness (QED) is 0.468. The number of nitrogens with zero attached hydrogens (tertiary/aromatic N) is 6. The average molecular weight is 450 g/mol. The van der Waals surface area contributed by atoms with Gasteiger partial charge in [-0.2, -0.15) is 0 Å². The molecule has 1 aliphatic rings. The monoisotopic (exact) mass is 450 g/mol. The lowest BCUT2D eigenvalue weighted by molar-refractivity contribution is 0.0564. The zero-order valence-corrected chi connectivity index (χ0v) is 17.9. The van der Waals surface area contributed by atoms with E-state index >= 15 is 0 Å².